The van der Waals surface area contributed by atoms with E-state index in [0.717, 1.165) is 16.2 Å². The van der Waals surface area contributed by atoms with E-state index in [1.165, 1.54) is 11.5 Å². The number of halogens is 1. The van der Waals surface area contributed by atoms with Crippen molar-refractivity contribution in [2.75, 3.05) is 5.73 Å². The molecule has 0 radical (unpaired) electrons. The summed E-state index contributed by atoms with van der Waals surface area (Å²) in [5, 5.41) is 0.470. The van der Waals surface area contributed by atoms with Gasteiger partial charge < -0.3 is 11.5 Å². The number of aromatic nitrogens is 1. The number of nitrogen functional groups attached to an aromatic ring is 1. The number of rotatable bonds is 1. The molecule has 7 heteroatoms. The van der Waals surface area contributed by atoms with Crippen LogP contribution in [-0.4, -0.2) is 15.7 Å². The summed E-state index contributed by atoms with van der Waals surface area (Å²) in [4.78, 5) is 22.7. The highest BCUT2D eigenvalue weighted by molar-refractivity contribution is 9.10. The van der Waals surface area contributed by atoms with E-state index in [2.05, 4.69) is 15.9 Å². The Labute approximate surface area is 116 Å². The van der Waals surface area contributed by atoms with Gasteiger partial charge in [0.05, 0.1) is 11.2 Å². The van der Waals surface area contributed by atoms with Gasteiger partial charge in [-0.1, -0.05) is 15.9 Å². The van der Waals surface area contributed by atoms with Gasteiger partial charge in [0.2, 0.25) is 5.91 Å². The number of nitrogens with zero attached hydrogens (tertiary/aromatic N) is 1. The second-order valence-corrected chi connectivity index (χ2v) is 5.56. The van der Waals surface area contributed by atoms with Gasteiger partial charge in [0.25, 0.3) is 5.24 Å². The highest BCUT2D eigenvalue weighted by Gasteiger charge is 2.19. The SMILES string of the molecule is CC(=O)n1c(SC(N)=O)c(N)c2cc(Br)ccc21. The number of benzene rings is 1. The molecule has 1 aromatic carbocycles. The molecule has 1 heterocycles. The van der Waals surface area contributed by atoms with Crippen molar-refractivity contribution in [2.45, 2.75) is 11.9 Å². The number of primary amides is 1. The predicted molar refractivity (Wildman–Crippen MR) is 75.8 cm³/mol. The summed E-state index contributed by atoms with van der Waals surface area (Å²) in [6.07, 6.45) is 0. The number of anilines is 1. The van der Waals surface area contributed by atoms with Gasteiger partial charge in [0.15, 0.2) is 0 Å². The van der Waals surface area contributed by atoms with Crippen molar-refractivity contribution in [1.82, 2.24) is 4.57 Å². The molecule has 2 aromatic rings. The maximum absolute atomic E-state index is 11.7. The number of nitrogens with two attached hydrogens (primary N) is 2. The Morgan fingerprint density at radius 3 is 2.61 bits per heavy atom. The third kappa shape index (κ3) is 2.11. The number of fused-ring (bicyclic) bond motifs is 1. The Balaban J connectivity index is 2.82. The van der Waals surface area contributed by atoms with E-state index in [9.17, 15) is 9.59 Å². The lowest BCUT2D eigenvalue weighted by Gasteiger charge is -2.04. The van der Waals surface area contributed by atoms with Gasteiger partial charge in [-0.25, -0.2) is 0 Å². The van der Waals surface area contributed by atoms with Gasteiger partial charge in [0, 0.05) is 16.8 Å². The largest absolute Gasteiger partial charge is 0.396 e. The smallest absolute Gasteiger partial charge is 0.282 e. The summed E-state index contributed by atoms with van der Waals surface area (Å²) in [7, 11) is 0. The third-order valence-corrected chi connectivity index (χ3v) is 3.73. The molecule has 0 aliphatic carbocycles. The lowest BCUT2D eigenvalue weighted by Crippen LogP contribution is -2.10. The maximum Gasteiger partial charge on any atom is 0.282 e. The van der Waals surface area contributed by atoms with E-state index in [1.54, 1.807) is 18.2 Å². The van der Waals surface area contributed by atoms with E-state index in [-0.39, 0.29) is 5.91 Å². The first-order valence-electron chi connectivity index (χ1n) is 4.99. The average Bonchev–Trinajstić information content (AvgIpc) is 2.52. The Morgan fingerprint density at radius 2 is 2.06 bits per heavy atom. The molecule has 0 saturated carbocycles. The molecule has 2 rings (SSSR count). The van der Waals surface area contributed by atoms with Gasteiger partial charge in [0.1, 0.15) is 5.03 Å². The molecule has 1 amide bonds. The second kappa shape index (κ2) is 4.66. The normalized spacial score (nSPS) is 10.8. The summed E-state index contributed by atoms with van der Waals surface area (Å²) in [6, 6.07) is 5.37. The van der Waals surface area contributed by atoms with Crippen molar-refractivity contribution in [3.8, 4) is 0 Å². The van der Waals surface area contributed by atoms with Gasteiger partial charge in [-0.05, 0) is 30.0 Å². The topological polar surface area (TPSA) is 91.1 Å². The van der Waals surface area contributed by atoms with Crippen LogP contribution in [0.3, 0.4) is 0 Å². The van der Waals surface area contributed by atoms with Crippen LogP contribution in [0.1, 0.15) is 11.7 Å². The average molecular weight is 328 g/mol. The Kier molecular flexibility index (Phi) is 3.36. The molecule has 0 saturated heterocycles. The zero-order chi connectivity index (χ0) is 13.4. The molecular weight excluding hydrogens is 318 g/mol. The molecular formula is C11H10BrN3O2S. The quantitative estimate of drug-likeness (QED) is 0.788. The van der Waals surface area contributed by atoms with E-state index >= 15 is 0 Å². The molecule has 18 heavy (non-hydrogen) atoms. The van der Waals surface area contributed by atoms with Crippen LogP contribution in [0.5, 0.6) is 0 Å². The zero-order valence-corrected chi connectivity index (χ0v) is 11.8. The van der Waals surface area contributed by atoms with Crippen LogP contribution >= 0.6 is 27.7 Å². The number of thioether (sulfide) groups is 1. The molecule has 4 N–H and O–H groups in total. The molecule has 0 aliphatic heterocycles. The molecule has 0 unspecified atom stereocenters. The van der Waals surface area contributed by atoms with Crippen LogP contribution in [0.15, 0.2) is 27.7 Å². The minimum absolute atomic E-state index is 0.220. The summed E-state index contributed by atoms with van der Waals surface area (Å²) < 4.78 is 2.24. The summed E-state index contributed by atoms with van der Waals surface area (Å²) in [6.45, 7) is 1.41. The highest BCUT2D eigenvalue weighted by Crippen LogP contribution is 2.36. The third-order valence-electron chi connectivity index (χ3n) is 2.44. The number of hydrogen-bond acceptors (Lipinski definition) is 4. The van der Waals surface area contributed by atoms with Crippen LogP contribution in [0.2, 0.25) is 0 Å². The number of carbonyl (C=O) groups excluding carboxylic acids is 2. The van der Waals surface area contributed by atoms with Crippen LogP contribution in [0, 0.1) is 0 Å². The Morgan fingerprint density at radius 1 is 1.39 bits per heavy atom. The van der Waals surface area contributed by atoms with E-state index < -0.39 is 5.24 Å². The van der Waals surface area contributed by atoms with Crippen molar-refractivity contribution in [1.29, 1.82) is 0 Å². The lowest BCUT2D eigenvalue weighted by atomic mass is 10.2. The molecule has 0 bridgehead atoms. The first-order chi connectivity index (χ1) is 8.41. The maximum atomic E-state index is 11.7. The van der Waals surface area contributed by atoms with Gasteiger partial charge in [-0.15, -0.1) is 0 Å². The molecule has 0 atom stereocenters. The van der Waals surface area contributed by atoms with Crippen molar-refractivity contribution >= 4 is 55.4 Å². The summed E-state index contributed by atoms with van der Waals surface area (Å²) in [5.41, 5.74) is 12.2. The molecule has 0 aliphatic rings. The fourth-order valence-electron chi connectivity index (χ4n) is 1.77. The predicted octanol–water partition coefficient (Wildman–Crippen LogP) is 2.82. The minimum Gasteiger partial charge on any atom is -0.396 e. The van der Waals surface area contributed by atoms with Crippen molar-refractivity contribution < 1.29 is 9.59 Å². The minimum atomic E-state index is -0.605. The van der Waals surface area contributed by atoms with Crippen LogP contribution in [-0.2, 0) is 0 Å². The molecule has 0 fully saturated rings. The van der Waals surface area contributed by atoms with E-state index in [1.807, 2.05) is 0 Å². The van der Waals surface area contributed by atoms with Crippen molar-refractivity contribution in [3.05, 3.63) is 22.7 Å². The summed E-state index contributed by atoms with van der Waals surface area (Å²) >= 11 is 4.09. The van der Waals surface area contributed by atoms with Gasteiger partial charge in [-0.3, -0.25) is 14.2 Å². The van der Waals surface area contributed by atoms with Gasteiger partial charge in [-0.2, -0.15) is 0 Å². The number of carbonyl (C=O) groups is 2. The van der Waals surface area contributed by atoms with Crippen LogP contribution < -0.4 is 11.5 Å². The van der Waals surface area contributed by atoms with Gasteiger partial charge >= 0.3 is 0 Å². The van der Waals surface area contributed by atoms with Crippen LogP contribution in [0.4, 0.5) is 10.5 Å². The Hall–Kier alpha value is -1.47. The summed E-state index contributed by atoms with van der Waals surface area (Å²) in [5.74, 6) is -0.220. The van der Waals surface area contributed by atoms with Crippen molar-refractivity contribution in [3.63, 3.8) is 0 Å². The standard InChI is InChI=1S/C11H10BrN3O2S/c1-5(16)15-8-3-2-6(12)4-7(8)9(13)10(15)18-11(14)17/h2-4H,13H2,1H3,(H2,14,17). The monoisotopic (exact) mass is 327 g/mol. The molecule has 94 valence electrons. The lowest BCUT2D eigenvalue weighted by molar-refractivity contribution is 0.0933. The Bertz CT molecular complexity index is 666. The molecule has 1 aromatic heterocycles. The zero-order valence-electron chi connectivity index (χ0n) is 9.44. The fraction of sp³-hybridized carbons (Fsp3) is 0.0909. The first-order valence-corrected chi connectivity index (χ1v) is 6.60. The van der Waals surface area contributed by atoms with Crippen molar-refractivity contribution in [2.24, 2.45) is 5.73 Å². The van der Waals surface area contributed by atoms with E-state index in [4.69, 9.17) is 11.5 Å². The number of amides is 1. The highest BCUT2D eigenvalue weighted by atomic mass is 79.9. The van der Waals surface area contributed by atoms with E-state index in [0.29, 0.717) is 21.6 Å². The second-order valence-electron chi connectivity index (χ2n) is 3.66. The fourth-order valence-corrected chi connectivity index (χ4v) is 2.86. The van der Waals surface area contributed by atoms with Crippen LogP contribution in [0.25, 0.3) is 10.9 Å². The number of hydrogen-bond donors (Lipinski definition) is 2. The first kappa shape index (κ1) is 13.0. The molecule has 0 spiro atoms. The molecule has 5 nitrogen and oxygen atoms in total.